The van der Waals surface area contributed by atoms with Gasteiger partial charge in [0.25, 0.3) is 0 Å². The molecule has 182 valence electrons. The number of nitrogens with zero attached hydrogens (tertiary/aromatic N) is 1. The Balaban J connectivity index is 2.11. The Kier molecular flexibility index (Phi) is 13.9. The van der Waals surface area contributed by atoms with Gasteiger partial charge in [-0.05, 0) is 27.2 Å². The van der Waals surface area contributed by atoms with Crippen molar-refractivity contribution in [2.24, 2.45) is 5.92 Å². The summed E-state index contributed by atoms with van der Waals surface area (Å²) in [6, 6.07) is 0. The van der Waals surface area contributed by atoms with Crippen LogP contribution in [0.1, 0.15) is 105 Å². The molecule has 2 atom stereocenters. The van der Waals surface area contributed by atoms with Gasteiger partial charge in [0.1, 0.15) is 5.60 Å². The summed E-state index contributed by atoms with van der Waals surface area (Å²) < 4.78 is 10.9. The molecule has 1 rings (SSSR count). The molecule has 0 aromatic carbocycles. The minimum absolute atomic E-state index is 0.0269. The zero-order chi connectivity index (χ0) is 23.1. The molecule has 6 heteroatoms. The molecule has 1 aliphatic rings. The van der Waals surface area contributed by atoms with E-state index in [1.165, 1.54) is 64.2 Å². The highest BCUT2D eigenvalue weighted by atomic mass is 16.6. The van der Waals surface area contributed by atoms with Crippen LogP contribution in [0.25, 0.3) is 0 Å². The summed E-state index contributed by atoms with van der Waals surface area (Å²) in [5.41, 5.74) is -0.547. The maximum absolute atomic E-state index is 12.6. The first-order chi connectivity index (χ1) is 14.8. The summed E-state index contributed by atoms with van der Waals surface area (Å²) in [5, 5.41) is 3.03. The third-order valence-corrected chi connectivity index (χ3v) is 5.89. The van der Waals surface area contributed by atoms with Crippen molar-refractivity contribution < 1.29 is 19.1 Å². The largest absolute Gasteiger partial charge is 0.444 e. The van der Waals surface area contributed by atoms with Gasteiger partial charge in [-0.1, -0.05) is 77.6 Å². The normalized spacial score (nSPS) is 18.9. The first-order valence-electron chi connectivity index (χ1n) is 12.6. The number of hydrogen-bond acceptors (Lipinski definition) is 4. The molecule has 0 aliphatic carbocycles. The summed E-state index contributed by atoms with van der Waals surface area (Å²) in [7, 11) is 1.59. The number of amides is 2. The van der Waals surface area contributed by atoms with Crippen molar-refractivity contribution in [2.75, 3.05) is 26.7 Å². The fraction of sp³-hybridized carbons (Fsp3) is 0.920. The van der Waals surface area contributed by atoms with Gasteiger partial charge in [0.2, 0.25) is 5.91 Å². The van der Waals surface area contributed by atoms with Crippen LogP contribution >= 0.6 is 0 Å². The average molecular weight is 441 g/mol. The number of nitrogens with one attached hydrogen (secondary N) is 1. The van der Waals surface area contributed by atoms with Crippen molar-refractivity contribution in [3.8, 4) is 0 Å². The number of carbonyl (C=O) groups is 2. The number of unbranched alkanes of at least 4 members (excludes halogenated alkanes) is 11. The van der Waals surface area contributed by atoms with Gasteiger partial charge in [-0.15, -0.1) is 0 Å². The Bertz CT molecular complexity index is 504. The Morgan fingerprint density at radius 2 is 1.39 bits per heavy atom. The van der Waals surface area contributed by atoms with Gasteiger partial charge < -0.3 is 19.7 Å². The Labute approximate surface area is 190 Å². The molecule has 1 aliphatic heterocycles. The fourth-order valence-corrected chi connectivity index (χ4v) is 4.05. The number of carbonyl (C=O) groups excluding carboxylic acids is 2. The first kappa shape index (κ1) is 27.7. The molecule has 0 aromatic heterocycles. The Hall–Kier alpha value is -1.30. The van der Waals surface area contributed by atoms with Crippen LogP contribution in [0.4, 0.5) is 4.79 Å². The molecule has 1 heterocycles. The lowest BCUT2D eigenvalue weighted by Crippen LogP contribution is -2.38. The van der Waals surface area contributed by atoms with Crippen LogP contribution in [0.2, 0.25) is 0 Å². The van der Waals surface area contributed by atoms with Gasteiger partial charge in [0.15, 0.2) is 0 Å². The topological polar surface area (TPSA) is 67.9 Å². The minimum Gasteiger partial charge on any atom is -0.444 e. The van der Waals surface area contributed by atoms with E-state index in [2.05, 4.69) is 12.2 Å². The Morgan fingerprint density at radius 1 is 0.871 bits per heavy atom. The molecule has 31 heavy (non-hydrogen) atoms. The standard InChI is InChI=1S/C25H48N2O4/c1-6-7-8-9-10-11-12-13-14-15-16-17-18-26-23(28)21-19-27(20-22(21)30-5)24(29)31-25(2,3)4/h21-22H,6-20H2,1-5H3,(H,26,28)/t21-,22+/m1/s1. The fourth-order valence-electron chi connectivity index (χ4n) is 4.05. The van der Waals surface area contributed by atoms with Crippen molar-refractivity contribution in [1.29, 1.82) is 0 Å². The molecular weight excluding hydrogens is 392 g/mol. The van der Waals surface area contributed by atoms with Crippen LogP contribution in [-0.2, 0) is 14.3 Å². The molecule has 1 saturated heterocycles. The highest BCUT2D eigenvalue weighted by Crippen LogP contribution is 2.22. The van der Waals surface area contributed by atoms with E-state index >= 15 is 0 Å². The zero-order valence-corrected chi connectivity index (χ0v) is 20.8. The molecular formula is C25H48N2O4. The smallest absolute Gasteiger partial charge is 0.410 e. The lowest BCUT2D eigenvalue weighted by molar-refractivity contribution is -0.127. The number of likely N-dealkylation sites (tertiary alicyclic amines) is 1. The van der Waals surface area contributed by atoms with E-state index in [0.717, 1.165) is 12.8 Å². The second kappa shape index (κ2) is 15.5. The molecule has 6 nitrogen and oxygen atoms in total. The molecule has 0 radical (unpaired) electrons. The van der Waals surface area contributed by atoms with E-state index in [-0.39, 0.29) is 24.0 Å². The van der Waals surface area contributed by atoms with Crippen LogP contribution in [-0.4, -0.2) is 55.3 Å². The van der Waals surface area contributed by atoms with Crippen LogP contribution in [0.15, 0.2) is 0 Å². The first-order valence-corrected chi connectivity index (χ1v) is 12.6. The van der Waals surface area contributed by atoms with E-state index in [0.29, 0.717) is 19.6 Å². The van der Waals surface area contributed by atoms with Gasteiger partial charge in [0.05, 0.1) is 18.6 Å². The van der Waals surface area contributed by atoms with Crippen LogP contribution in [0.5, 0.6) is 0 Å². The van der Waals surface area contributed by atoms with Gasteiger partial charge in [-0.3, -0.25) is 4.79 Å². The predicted octanol–water partition coefficient (Wildman–Crippen LogP) is 5.69. The quantitative estimate of drug-likeness (QED) is 0.332. The molecule has 1 N–H and O–H groups in total. The van der Waals surface area contributed by atoms with E-state index in [9.17, 15) is 9.59 Å². The Morgan fingerprint density at radius 3 is 1.87 bits per heavy atom. The highest BCUT2D eigenvalue weighted by molar-refractivity contribution is 5.81. The predicted molar refractivity (Wildman–Crippen MR) is 126 cm³/mol. The van der Waals surface area contributed by atoms with Crippen LogP contribution in [0.3, 0.4) is 0 Å². The number of rotatable bonds is 15. The lowest BCUT2D eigenvalue weighted by Gasteiger charge is -2.24. The summed E-state index contributed by atoms with van der Waals surface area (Å²) in [5.74, 6) is -0.365. The molecule has 0 aromatic rings. The molecule has 1 fully saturated rings. The molecule has 0 unspecified atom stereocenters. The van der Waals surface area contributed by atoms with Crippen molar-refractivity contribution in [3.63, 3.8) is 0 Å². The monoisotopic (exact) mass is 440 g/mol. The van der Waals surface area contributed by atoms with E-state index in [4.69, 9.17) is 9.47 Å². The average Bonchev–Trinajstić information content (AvgIpc) is 3.15. The number of ether oxygens (including phenoxy) is 2. The molecule has 2 amide bonds. The SMILES string of the molecule is CCCCCCCCCCCCCCNC(=O)[C@@H]1CN(C(=O)OC(C)(C)C)C[C@@H]1OC. The lowest BCUT2D eigenvalue weighted by atomic mass is 10.0. The summed E-state index contributed by atoms with van der Waals surface area (Å²) >= 11 is 0. The maximum Gasteiger partial charge on any atom is 0.410 e. The second-order valence-corrected chi connectivity index (χ2v) is 9.95. The summed E-state index contributed by atoms with van der Waals surface area (Å²) in [6.45, 7) is 9.21. The van der Waals surface area contributed by atoms with Crippen molar-refractivity contribution in [1.82, 2.24) is 10.2 Å². The second-order valence-electron chi connectivity index (χ2n) is 9.95. The van der Waals surface area contributed by atoms with Crippen LogP contribution < -0.4 is 5.32 Å². The van der Waals surface area contributed by atoms with Crippen molar-refractivity contribution >= 4 is 12.0 Å². The van der Waals surface area contributed by atoms with Gasteiger partial charge in [-0.2, -0.15) is 0 Å². The molecule has 0 spiro atoms. The third-order valence-electron chi connectivity index (χ3n) is 5.89. The number of methoxy groups -OCH3 is 1. The van der Waals surface area contributed by atoms with Gasteiger partial charge in [-0.25, -0.2) is 4.79 Å². The summed E-state index contributed by atoms with van der Waals surface area (Å²) in [4.78, 5) is 26.5. The summed E-state index contributed by atoms with van der Waals surface area (Å²) in [6.07, 6.45) is 15.0. The molecule has 0 saturated carbocycles. The highest BCUT2D eigenvalue weighted by Gasteiger charge is 2.41. The van der Waals surface area contributed by atoms with Gasteiger partial charge >= 0.3 is 6.09 Å². The van der Waals surface area contributed by atoms with Gasteiger partial charge in [0, 0.05) is 20.2 Å². The number of hydrogen-bond donors (Lipinski definition) is 1. The van der Waals surface area contributed by atoms with E-state index in [1.807, 2.05) is 20.8 Å². The minimum atomic E-state index is -0.547. The van der Waals surface area contributed by atoms with Crippen LogP contribution in [0, 0.1) is 5.92 Å². The van der Waals surface area contributed by atoms with Crippen molar-refractivity contribution in [3.05, 3.63) is 0 Å². The maximum atomic E-state index is 12.6. The van der Waals surface area contributed by atoms with E-state index < -0.39 is 5.60 Å². The zero-order valence-electron chi connectivity index (χ0n) is 20.8. The molecule has 0 bridgehead atoms. The van der Waals surface area contributed by atoms with Crippen molar-refractivity contribution in [2.45, 2.75) is 116 Å². The van der Waals surface area contributed by atoms with E-state index in [1.54, 1.807) is 12.0 Å². The third kappa shape index (κ3) is 12.4.